The summed E-state index contributed by atoms with van der Waals surface area (Å²) in [6, 6.07) is 22.4. The number of benzene rings is 3. The van der Waals surface area contributed by atoms with Gasteiger partial charge in [-0.2, -0.15) is 0 Å². The molecule has 2 heterocycles. The molecule has 0 bridgehead atoms. The van der Waals surface area contributed by atoms with Gasteiger partial charge in [-0.25, -0.2) is 0 Å². The number of ether oxygens (including phenoxy) is 1. The van der Waals surface area contributed by atoms with E-state index in [-0.39, 0.29) is 17.6 Å². The van der Waals surface area contributed by atoms with Crippen LogP contribution >= 0.6 is 0 Å². The molecular formula is C29H30N2O4. The van der Waals surface area contributed by atoms with E-state index in [1.807, 2.05) is 24.3 Å². The minimum atomic E-state index is 0.106. The first kappa shape index (κ1) is 23.0. The number of hydrogen-bond donors (Lipinski definition) is 3. The van der Waals surface area contributed by atoms with Crippen molar-refractivity contribution in [1.29, 1.82) is 0 Å². The summed E-state index contributed by atoms with van der Waals surface area (Å²) >= 11 is 0. The second kappa shape index (κ2) is 10.2. The molecule has 0 radical (unpaired) electrons. The van der Waals surface area contributed by atoms with Crippen LogP contribution in [0.5, 0.6) is 17.2 Å². The highest BCUT2D eigenvalue weighted by molar-refractivity contribution is 5.74. The fourth-order valence-corrected chi connectivity index (χ4v) is 4.69. The molecule has 1 aromatic heterocycles. The lowest BCUT2D eigenvalue weighted by atomic mass is 9.96. The maximum absolute atomic E-state index is 10.0. The van der Waals surface area contributed by atoms with Crippen LogP contribution in [0.4, 0.5) is 0 Å². The maximum Gasteiger partial charge on any atom is 0.171 e. The fraction of sp³-hybridized carbons (Fsp3) is 0.276. The molecule has 1 aliphatic heterocycles. The Balaban J connectivity index is 1.42. The van der Waals surface area contributed by atoms with Crippen LogP contribution in [0, 0.1) is 0 Å². The molecule has 4 aromatic rings. The quantitative estimate of drug-likeness (QED) is 0.311. The third-order valence-electron chi connectivity index (χ3n) is 6.56. The van der Waals surface area contributed by atoms with Crippen molar-refractivity contribution in [3.05, 3.63) is 83.9 Å². The maximum atomic E-state index is 10.0. The first-order valence-electron chi connectivity index (χ1n) is 12.1. The summed E-state index contributed by atoms with van der Waals surface area (Å²) in [5, 5.41) is 27.9. The Morgan fingerprint density at radius 2 is 1.69 bits per heavy atom. The van der Waals surface area contributed by atoms with Crippen molar-refractivity contribution >= 4 is 0 Å². The molecule has 0 spiro atoms. The fourth-order valence-electron chi connectivity index (χ4n) is 4.69. The van der Waals surface area contributed by atoms with Gasteiger partial charge in [0.25, 0.3) is 0 Å². The minimum absolute atomic E-state index is 0.106. The zero-order chi connectivity index (χ0) is 24.2. The van der Waals surface area contributed by atoms with E-state index in [0.717, 1.165) is 41.0 Å². The summed E-state index contributed by atoms with van der Waals surface area (Å²) in [5.74, 6) is 1.77. The molecule has 2 atom stereocenters. The molecule has 0 saturated carbocycles. The summed E-state index contributed by atoms with van der Waals surface area (Å²) in [5.41, 5.74) is 4.13. The normalized spacial score (nSPS) is 16.7. The summed E-state index contributed by atoms with van der Waals surface area (Å²) in [6.45, 7) is 3.18. The van der Waals surface area contributed by atoms with Gasteiger partial charge in [0, 0.05) is 29.2 Å². The second-order valence-corrected chi connectivity index (χ2v) is 9.14. The van der Waals surface area contributed by atoms with E-state index in [2.05, 4.69) is 29.5 Å². The largest absolute Gasteiger partial charge is 0.508 e. The van der Waals surface area contributed by atoms with E-state index in [9.17, 15) is 10.2 Å². The number of rotatable bonds is 7. The molecular weight excluding hydrogens is 440 g/mol. The highest BCUT2D eigenvalue weighted by Crippen LogP contribution is 2.36. The van der Waals surface area contributed by atoms with Crippen LogP contribution in [-0.2, 0) is 6.42 Å². The Hall–Kier alpha value is -3.77. The molecule has 5 rings (SSSR count). The highest BCUT2D eigenvalue weighted by atomic mass is 16.5. The zero-order valence-electron chi connectivity index (χ0n) is 19.8. The van der Waals surface area contributed by atoms with Gasteiger partial charge in [-0.3, -0.25) is 0 Å². The summed E-state index contributed by atoms with van der Waals surface area (Å²) < 4.78 is 12.0. The molecule has 1 aliphatic rings. The van der Waals surface area contributed by atoms with Crippen molar-refractivity contribution in [3.8, 4) is 39.8 Å². The van der Waals surface area contributed by atoms with Crippen LogP contribution in [0.25, 0.3) is 22.6 Å². The van der Waals surface area contributed by atoms with Gasteiger partial charge in [0.15, 0.2) is 5.76 Å². The van der Waals surface area contributed by atoms with Gasteiger partial charge in [0.1, 0.15) is 29.0 Å². The molecule has 3 N–H and O–H groups in total. The van der Waals surface area contributed by atoms with Crippen LogP contribution in [-0.4, -0.2) is 34.1 Å². The molecule has 0 amide bonds. The van der Waals surface area contributed by atoms with Gasteiger partial charge < -0.3 is 24.8 Å². The standard InChI is InChI=1S/C29H30N2O4/c1-19(27-10-2-3-15-30-27)34-25-13-11-20(12-14-25)16-26-28(21-6-4-8-23(32)17-21)31-35-29(26)22-7-5-9-24(33)18-22/h4-9,11-14,17-19,27,30,32-33H,2-3,10,15-16H2,1H3. The lowest BCUT2D eigenvalue weighted by molar-refractivity contribution is 0.152. The first-order chi connectivity index (χ1) is 17.1. The lowest BCUT2D eigenvalue weighted by Crippen LogP contribution is -2.44. The summed E-state index contributed by atoms with van der Waals surface area (Å²) in [7, 11) is 0. The van der Waals surface area contributed by atoms with E-state index in [4.69, 9.17) is 9.26 Å². The molecule has 1 fully saturated rings. The van der Waals surface area contributed by atoms with Gasteiger partial charge in [-0.05, 0) is 68.3 Å². The number of hydrogen-bond acceptors (Lipinski definition) is 6. The molecule has 2 unspecified atom stereocenters. The molecule has 1 saturated heterocycles. The topological polar surface area (TPSA) is 87.8 Å². The van der Waals surface area contributed by atoms with Gasteiger partial charge in [0.2, 0.25) is 0 Å². The van der Waals surface area contributed by atoms with Crippen LogP contribution in [0.2, 0.25) is 0 Å². The van der Waals surface area contributed by atoms with Gasteiger partial charge in [-0.15, -0.1) is 0 Å². The SMILES string of the molecule is CC(Oc1ccc(Cc2c(-c3cccc(O)c3)noc2-c2cccc(O)c2)cc1)C1CCCCN1. The number of nitrogens with zero attached hydrogens (tertiary/aromatic N) is 1. The van der Waals surface area contributed by atoms with Crippen LogP contribution < -0.4 is 10.1 Å². The Kier molecular flexibility index (Phi) is 6.73. The van der Waals surface area contributed by atoms with Crippen molar-refractivity contribution in [2.75, 3.05) is 6.54 Å². The summed E-state index contributed by atoms with van der Waals surface area (Å²) in [4.78, 5) is 0. The highest BCUT2D eigenvalue weighted by Gasteiger charge is 2.22. The predicted molar refractivity (Wildman–Crippen MR) is 136 cm³/mol. The van der Waals surface area contributed by atoms with Crippen LogP contribution in [0.15, 0.2) is 77.3 Å². The number of phenols is 2. The molecule has 3 aromatic carbocycles. The van der Waals surface area contributed by atoms with Gasteiger partial charge in [-0.1, -0.05) is 48.0 Å². The number of aromatic hydroxyl groups is 2. The first-order valence-corrected chi connectivity index (χ1v) is 12.1. The van der Waals surface area contributed by atoms with Crippen molar-refractivity contribution in [1.82, 2.24) is 10.5 Å². The average molecular weight is 471 g/mol. The van der Waals surface area contributed by atoms with Crippen LogP contribution in [0.3, 0.4) is 0 Å². The second-order valence-electron chi connectivity index (χ2n) is 9.14. The monoisotopic (exact) mass is 470 g/mol. The molecule has 0 aliphatic carbocycles. The van der Waals surface area contributed by atoms with Crippen molar-refractivity contribution in [2.45, 2.75) is 44.8 Å². The number of aromatic nitrogens is 1. The minimum Gasteiger partial charge on any atom is -0.508 e. The Bertz CT molecular complexity index is 1210. The average Bonchev–Trinajstić information content (AvgIpc) is 3.29. The zero-order valence-corrected chi connectivity index (χ0v) is 19.8. The Labute approximate surface area is 205 Å². The third-order valence-corrected chi connectivity index (χ3v) is 6.56. The third kappa shape index (κ3) is 5.33. The predicted octanol–water partition coefficient (Wildman–Crippen LogP) is 5.92. The Morgan fingerprint density at radius 1 is 0.971 bits per heavy atom. The number of piperidine rings is 1. The number of phenolic OH excluding ortho intramolecular Hbond substituents is 2. The molecule has 35 heavy (non-hydrogen) atoms. The smallest absolute Gasteiger partial charge is 0.171 e. The van der Waals surface area contributed by atoms with E-state index >= 15 is 0 Å². The number of nitrogens with one attached hydrogen (secondary N) is 1. The van der Waals surface area contributed by atoms with E-state index in [0.29, 0.717) is 23.9 Å². The molecule has 180 valence electrons. The van der Waals surface area contributed by atoms with Crippen molar-refractivity contribution in [2.24, 2.45) is 0 Å². The lowest BCUT2D eigenvalue weighted by Gasteiger charge is -2.29. The summed E-state index contributed by atoms with van der Waals surface area (Å²) in [6.07, 6.45) is 4.29. The van der Waals surface area contributed by atoms with Crippen molar-refractivity contribution in [3.63, 3.8) is 0 Å². The van der Waals surface area contributed by atoms with E-state index in [1.54, 1.807) is 36.4 Å². The Morgan fingerprint density at radius 3 is 2.37 bits per heavy atom. The molecule has 6 heteroatoms. The van der Waals surface area contributed by atoms with E-state index < -0.39 is 0 Å². The molecule has 6 nitrogen and oxygen atoms in total. The van der Waals surface area contributed by atoms with E-state index in [1.165, 1.54) is 12.8 Å². The van der Waals surface area contributed by atoms with Crippen LogP contribution in [0.1, 0.15) is 37.3 Å². The van der Waals surface area contributed by atoms with Crippen molar-refractivity contribution < 1.29 is 19.5 Å². The van der Waals surface area contributed by atoms with Gasteiger partial charge in [0.05, 0.1) is 0 Å². The van der Waals surface area contributed by atoms with Gasteiger partial charge >= 0.3 is 0 Å².